The van der Waals surface area contributed by atoms with Gasteiger partial charge >= 0.3 is 35.5 Å². The topological polar surface area (TPSA) is 211 Å². The molecule has 3 aliphatic carbocycles. The van der Waals surface area contributed by atoms with Gasteiger partial charge in [-0.05, 0) is 175 Å². The Kier molecular flexibility index (Phi) is 19.9. The number of hydrogen-bond donors (Lipinski definition) is 4. The number of ketones is 1. The van der Waals surface area contributed by atoms with Gasteiger partial charge in [0.15, 0.2) is 5.79 Å². The van der Waals surface area contributed by atoms with Gasteiger partial charge in [-0.1, -0.05) is 68.4 Å². The van der Waals surface area contributed by atoms with Gasteiger partial charge < -0.3 is 58.7 Å². The number of phenols is 1. The molecule has 1 aromatic rings. The molecule has 9 rings (SSSR count). The average molecular weight is 1090 g/mol. The van der Waals surface area contributed by atoms with Crippen LogP contribution in [0.2, 0.25) is 0 Å². The van der Waals surface area contributed by atoms with Crippen molar-refractivity contribution in [3.8, 4) is 5.75 Å². The van der Waals surface area contributed by atoms with Crippen molar-refractivity contribution in [3.63, 3.8) is 0 Å². The number of fused-ring (bicyclic) bond motifs is 5. The van der Waals surface area contributed by atoms with Gasteiger partial charge in [0.1, 0.15) is 23.7 Å². The molecule has 5 aliphatic heterocycles. The summed E-state index contributed by atoms with van der Waals surface area (Å²) in [5.41, 5.74) is 1.31. The summed E-state index contributed by atoms with van der Waals surface area (Å²) < 4.78 is 39.1. The summed E-state index contributed by atoms with van der Waals surface area (Å²) in [4.78, 5) is 37.7. The van der Waals surface area contributed by atoms with Crippen molar-refractivity contribution < 1.29 is 97.9 Å². The third-order valence-corrected chi connectivity index (χ3v) is 21.4. The summed E-state index contributed by atoms with van der Waals surface area (Å²) in [5.74, 6) is -4.00. The second kappa shape index (κ2) is 24.5. The van der Waals surface area contributed by atoms with E-state index in [1.807, 2.05) is 53.7 Å². The van der Waals surface area contributed by atoms with E-state index in [2.05, 4.69) is 33.8 Å². The van der Waals surface area contributed by atoms with Crippen LogP contribution in [0, 0.1) is 58.7 Å². The van der Waals surface area contributed by atoms with E-state index in [0.717, 1.165) is 25.7 Å². The third kappa shape index (κ3) is 12.0. The van der Waals surface area contributed by atoms with E-state index in [1.165, 1.54) is 37.3 Å². The summed E-state index contributed by atoms with van der Waals surface area (Å²) in [6, 6.07) is 5.93. The Labute approximate surface area is 482 Å². The van der Waals surface area contributed by atoms with Gasteiger partial charge in [0.2, 0.25) is 5.79 Å². The number of aromatic hydroxyl groups is 1. The number of carbonyl (C=O) groups is 3. The summed E-state index contributed by atoms with van der Waals surface area (Å²) in [7, 11) is 0. The summed E-state index contributed by atoms with van der Waals surface area (Å²) in [6.45, 7) is 23.4. The van der Waals surface area contributed by atoms with Crippen molar-refractivity contribution in [1.82, 2.24) is 0 Å². The van der Waals surface area contributed by atoms with Crippen LogP contribution in [-0.4, -0.2) is 110 Å². The van der Waals surface area contributed by atoms with E-state index in [9.17, 15) is 39.9 Å². The van der Waals surface area contributed by atoms with E-state index in [1.54, 1.807) is 19.1 Å². The quantitative estimate of drug-likeness (QED) is 0.101. The third-order valence-electron chi connectivity index (χ3n) is 21.4. The first-order valence-corrected chi connectivity index (χ1v) is 29.7. The van der Waals surface area contributed by atoms with Crippen LogP contribution in [0.1, 0.15) is 196 Å². The molecule has 77 heavy (non-hydrogen) atoms. The summed E-state index contributed by atoms with van der Waals surface area (Å²) in [6.07, 6.45) is 12.1. The molecule has 8 aliphatic rings. The van der Waals surface area contributed by atoms with Crippen LogP contribution in [0.5, 0.6) is 5.75 Å². The molecule has 14 nitrogen and oxygen atoms in total. The molecule has 2 spiro atoms. The van der Waals surface area contributed by atoms with Crippen molar-refractivity contribution in [1.29, 1.82) is 0 Å². The molecule has 0 amide bonds. The molecule has 5 heterocycles. The van der Waals surface area contributed by atoms with Gasteiger partial charge in [-0.25, -0.2) is 0 Å². The number of esters is 1. The number of benzene rings is 1. The Morgan fingerprint density at radius 2 is 1.57 bits per heavy atom. The smallest absolute Gasteiger partial charge is 0.550 e. The minimum atomic E-state index is -1.37. The number of carboxylic acid groups (broad SMARTS) is 1. The number of aliphatic hydroxyl groups excluding tert-OH is 2. The second-order valence-corrected chi connectivity index (χ2v) is 25.9. The van der Waals surface area contributed by atoms with Gasteiger partial charge in [-0.3, -0.25) is 9.59 Å². The molecule has 428 valence electrons. The van der Waals surface area contributed by atoms with Gasteiger partial charge in [0.25, 0.3) is 0 Å². The van der Waals surface area contributed by atoms with E-state index in [4.69, 9.17) is 28.4 Å². The monoisotopic (exact) mass is 1090 g/mol. The Morgan fingerprint density at radius 1 is 0.857 bits per heavy atom. The normalized spacial score (nSPS) is 43.2. The molecular formula is C62H95NaO14. The predicted octanol–water partition coefficient (Wildman–Crippen LogP) is 6.04. The molecule has 23 unspecified atom stereocenters. The SMILES string of the molecule is CC(=O)OC1CCC2C3CCc4cc(O)ccc4C3CCC12C.CCC(C(=O)[O-])C1CCC(C)C(C(C)C(O)C(C)C(=O)C(CC)C2OC3(C=CC(O)C4(CCC(C)(C5CCC(O)(CC)C(C)O5)O4)O3)C(C)CC2C)O1.[Na+]. The number of aliphatic carboxylic acids is 1. The molecule has 4 saturated heterocycles. The molecule has 0 aromatic heterocycles. The van der Waals surface area contributed by atoms with E-state index in [0.29, 0.717) is 81.3 Å². The number of aryl methyl sites for hydroxylation is 1. The number of carbonyl (C=O) groups excluding carboxylic acids is 3. The number of carboxylic acids is 1. The first-order chi connectivity index (χ1) is 35.8. The molecule has 6 fully saturated rings. The maximum absolute atomic E-state index is 14.4. The van der Waals surface area contributed by atoms with Crippen LogP contribution < -0.4 is 34.7 Å². The number of aliphatic hydroxyl groups is 3. The Hall–Kier alpha value is -1.95. The van der Waals surface area contributed by atoms with Crippen LogP contribution >= 0.6 is 0 Å². The van der Waals surface area contributed by atoms with Gasteiger partial charge in [-0.15, -0.1) is 0 Å². The molecule has 23 atom stereocenters. The van der Waals surface area contributed by atoms with Crippen molar-refractivity contribution in [2.75, 3.05) is 0 Å². The average Bonchev–Trinajstić information content (AvgIpc) is 3.90. The number of ether oxygens (including phenoxy) is 6. The molecule has 0 bridgehead atoms. The van der Waals surface area contributed by atoms with Crippen molar-refractivity contribution in [2.45, 2.75) is 263 Å². The largest absolute Gasteiger partial charge is 1.00 e. The van der Waals surface area contributed by atoms with Crippen molar-refractivity contribution in [3.05, 3.63) is 41.5 Å². The molecule has 15 heteroatoms. The molecule has 4 N–H and O–H groups in total. The fourth-order valence-electron chi connectivity index (χ4n) is 16.4. The fraction of sp³-hybridized carbons (Fsp3) is 0.823. The Bertz CT molecular complexity index is 2260. The number of rotatable bonds is 13. The van der Waals surface area contributed by atoms with E-state index < -0.39 is 82.9 Å². The minimum absolute atomic E-state index is 0. The zero-order chi connectivity index (χ0) is 55.4. The van der Waals surface area contributed by atoms with Crippen molar-refractivity contribution in [2.24, 2.45) is 58.7 Å². The van der Waals surface area contributed by atoms with Gasteiger partial charge in [-0.2, -0.15) is 0 Å². The predicted molar refractivity (Wildman–Crippen MR) is 284 cm³/mol. The molecule has 1 aromatic carbocycles. The fourth-order valence-corrected chi connectivity index (χ4v) is 16.4. The van der Waals surface area contributed by atoms with Gasteiger partial charge in [0, 0.05) is 54.3 Å². The van der Waals surface area contributed by atoms with E-state index in [-0.39, 0.29) is 82.8 Å². The summed E-state index contributed by atoms with van der Waals surface area (Å²) >= 11 is 0. The Morgan fingerprint density at radius 3 is 2.22 bits per heavy atom. The second-order valence-electron chi connectivity index (χ2n) is 25.9. The minimum Gasteiger partial charge on any atom is -0.550 e. The zero-order valence-electron chi connectivity index (χ0n) is 49.0. The van der Waals surface area contributed by atoms with Crippen LogP contribution in [0.25, 0.3) is 0 Å². The Balaban J connectivity index is 0.000000296. The zero-order valence-corrected chi connectivity index (χ0v) is 51.0. The molecule has 2 saturated carbocycles. The summed E-state index contributed by atoms with van der Waals surface area (Å²) in [5, 5.41) is 55.7. The number of Topliss-reactive ketones (excluding diaryl/α,β-unsaturated/α-hetero) is 1. The van der Waals surface area contributed by atoms with Crippen LogP contribution in [-0.2, 0) is 49.2 Å². The maximum atomic E-state index is 14.4. The van der Waals surface area contributed by atoms with Crippen LogP contribution in [0.15, 0.2) is 30.4 Å². The van der Waals surface area contributed by atoms with E-state index >= 15 is 0 Å². The van der Waals surface area contributed by atoms with Crippen LogP contribution in [0.3, 0.4) is 0 Å². The standard InChI is InChI=1S/C42H70O11.C20H26O3.Na/c1-11-29(38(46)47)31-15-14-23(4)36(50-31)27(8)34(44)26(7)35(45)30(12-2)37-24(5)22-25(6)41(51-37)19-16-32(43)42(53-41)21-20-39(10,52-42)33-17-18-40(48,13-3)28(9)49-33;1-12(21)23-19-8-7-18-17-5-3-13-11-14(22)4-6-15(13)16(17)9-10-20(18,19)2;/h16,19,23-34,36-37,43-44,48H,11-15,17-18,20-22H2,1-10H3,(H,46,47);4,6,11,16-19,22H,3,5,7-10H2,1-2H3;/q;;+1/p-1. The van der Waals surface area contributed by atoms with Gasteiger partial charge in [0.05, 0.1) is 47.8 Å². The number of phenolic OH excluding ortho intramolecular Hbond substituents is 1. The van der Waals surface area contributed by atoms with Crippen LogP contribution in [0.4, 0.5) is 0 Å². The molecule has 0 radical (unpaired) electrons. The van der Waals surface area contributed by atoms with Crippen molar-refractivity contribution >= 4 is 17.7 Å². The maximum Gasteiger partial charge on any atom is 1.00 e. The first kappa shape index (κ1) is 62.6. The first-order valence-electron chi connectivity index (χ1n) is 29.7. The molecular weight excluding hydrogens is 992 g/mol. The number of hydrogen-bond acceptors (Lipinski definition) is 14.